The summed E-state index contributed by atoms with van der Waals surface area (Å²) < 4.78 is 7.13. The van der Waals surface area contributed by atoms with Gasteiger partial charge in [-0.25, -0.2) is 0 Å². The molecule has 0 aromatic heterocycles. The molecule has 0 fully saturated rings. The van der Waals surface area contributed by atoms with Crippen LogP contribution in [0, 0.1) is 13.8 Å². The van der Waals surface area contributed by atoms with Crippen LogP contribution < -0.4 is 10.1 Å². The number of hydrogen-bond acceptors (Lipinski definition) is 2. The van der Waals surface area contributed by atoms with Crippen LogP contribution in [-0.2, 0) is 0 Å². The Morgan fingerprint density at radius 1 is 1.05 bits per heavy atom. The highest BCUT2D eigenvalue weighted by molar-refractivity contribution is 9.10. The Balaban J connectivity index is 2.38. The number of rotatable bonds is 3. The van der Waals surface area contributed by atoms with Gasteiger partial charge in [0.05, 0.1) is 12.8 Å². The van der Waals surface area contributed by atoms with E-state index in [2.05, 4.69) is 37.2 Å². The maximum Gasteiger partial charge on any atom is 0.256 e. The van der Waals surface area contributed by atoms with E-state index in [4.69, 9.17) is 4.74 Å². The number of aryl methyl sites for hydroxylation is 2. The van der Waals surface area contributed by atoms with Crippen molar-refractivity contribution in [2.24, 2.45) is 0 Å². The number of benzene rings is 2. The minimum Gasteiger partial charge on any atom is -0.495 e. The fraction of sp³-hybridized carbons (Fsp3) is 0.188. The summed E-state index contributed by atoms with van der Waals surface area (Å²) in [6, 6.07) is 9.40. The molecule has 0 radical (unpaired) electrons. The van der Waals surface area contributed by atoms with Crippen LogP contribution in [0.15, 0.2) is 39.3 Å². The average Bonchev–Trinajstić information content (AvgIpc) is 2.43. The molecule has 0 aliphatic heterocycles. The van der Waals surface area contributed by atoms with Gasteiger partial charge in [-0.1, -0.05) is 37.9 Å². The highest BCUT2D eigenvalue weighted by Gasteiger charge is 2.15. The van der Waals surface area contributed by atoms with E-state index >= 15 is 0 Å². The Labute approximate surface area is 141 Å². The van der Waals surface area contributed by atoms with Crippen LogP contribution in [0.1, 0.15) is 21.5 Å². The molecule has 0 spiro atoms. The SMILES string of the molecule is COc1cc(Br)cc(C)c1NC(=O)c1cc(Br)ccc1C. The van der Waals surface area contributed by atoms with Crippen molar-refractivity contribution in [3.05, 3.63) is 56.0 Å². The van der Waals surface area contributed by atoms with Gasteiger partial charge in [-0.05, 0) is 49.2 Å². The molecule has 0 heterocycles. The van der Waals surface area contributed by atoms with Gasteiger partial charge in [0.15, 0.2) is 0 Å². The monoisotopic (exact) mass is 411 g/mol. The average molecular weight is 413 g/mol. The molecule has 2 aromatic rings. The molecule has 1 amide bonds. The molecule has 0 saturated heterocycles. The lowest BCUT2D eigenvalue weighted by atomic mass is 10.1. The first-order valence-electron chi connectivity index (χ1n) is 6.34. The number of anilines is 1. The lowest BCUT2D eigenvalue weighted by Gasteiger charge is -2.14. The molecule has 0 atom stereocenters. The van der Waals surface area contributed by atoms with Crippen LogP contribution in [-0.4, -0.2) is 13.0 Å². The van der Waals surface area contributed by atoms with Crippen molar-refractivity contribution >= 4 is 43.5 Å². The predicted octanol–water partition coefficient (Wildman–Crippen LogP) is 5.09. The number of halogens is 2. The molecule has 1 N–H and O–H groups in total. The first kappa shape index (κ1) is 16.0. The first-order valence-corrected chi connectivity index (χ1v) is 7.92. The molecule has 2 aromatic carbocycles. The first-order chi connectivity index (χ1) is 9.92. The minimum absolute atomic E-state index is 0.155. The third kappa shape index (κ3) is 3.66. The second kappa shape index (κ2) is 6.62. The summed E-state index contributed by atoms with van der Waals surface area (Å²) >= 11 is 6.81. The fourth-order valence-electron chi connectivity index (χ4n) is 2.05. The summed E-state index contributed by atoms with van der Waals surface area (Å²) in [6.07, 6.45) is 0. The molecule has 5 heteroatoms. The van der Waals surface area contributed by atoms with Crippen molar-refractivity contribution < 1.29 is 9.53 Å². The number of carbonyl (C=O) groups is 1. The van der Waals surface area contributed by atoms with E-state index < -0.39 is 0 Å². The van der Waals surface area contributed by atoms with Crippen molar-refractivity contribution in [3.8, 4) is 5.75 Å². The van der Waals surface area contributed by atoms with E-state index in [1.807, 2.05) is 44.2 Å². The van der Waals surface area contributed by atoms with E-state index in [0.717, 1.165) is 20.1 Å². The van der Waals surface area contributed by atoms with Gasteiger partial charge in [0.2, 0.25) is 0 Å². The normalized spacial score (nSPS) is 10.3. The number of methoxy groups -OCH3 is 1. The smallest absolute Gasteiger partial charge is 0.256 e. The van der Waals surface area contributed by atoms with Gasteiger partial charge < -0.3 is 10.1 Å². The second-order valence-electron chi connectivity index (χ2n) is 4.71. The van der Waals surface area contributed by atoms with E-state index in [-0.39, 0.29) is 5.91 Å². The third-order valence-electron chi connectivity index (χ3n) is 3.17. The topological polar surface area (TPSA) is 38.3 Å². The zero-order chi connectivity index (χ0) is 15.6. The summed E-state index contributed by atoms with van der Waals surface area (Å²) in [5.41, 5.74) is 3.17. The van der Waals surface area contributed by atoms with Crippen molar-refractivity contribution in [2.75, 3.05) is 12.4 Å². The Bertz CT molecular complexity index is 699. The maximum absolute atomic E-state index is 12.5. The van der Waals surface area contributed by atoms with Crippen LogP contribution >= 0.6 is 31.9 Å². The molecule has 0 aliphatic rings. The lowest BCUT2D eigenvalue weighted by molar-refractivity contribution is 0.102. The quantitative estimate of drug-likeness (QED) is 0.762. The lowest BCUT2D eigenvalue weighted by Crippen LogP contribution is -2.15. The summed E-state index contributed by atoms with van der Waals surface area (Å²) in [4.78, 5) is 12.5. The van der Waals surface area contributed by atoms with Gasteiger partial charge in [-0.3, -0.25) is 4.79 Å². The number of hydrogen-bond donors (Lipinski definition) is 1. The minimum atomic E-state index is -0.155. The largest absolute Gasteiger partial charge is 0.495 e. The van der Waals surface area contributed by atoms with Crippen LogP contribution in [0.2, 0.25) is 0 Å². The van der Waals surface area contributed by atoms with Crippen molar-refractivity contribution in [2.45, 2.75) is 13.8 Å². The van der Waals surface area contributed by atoms with E-state index in [1.54, 1.807) is 7.11 Å². The Kier molecular flexibility index (Phi) is 5.06. The number of carbonyl (C=O) groups excluding carboxylic acids is 1. The number of nitrogens with one attached hydrogen (secondary N) is 1. The van der Waals surface area contributed by atoms with E-state index in [1.165, 1.54) is 0 Å². The summed E-state index contributed by atoms with van der Waals surface area (Å²) in [7, 11) is 1.58. The molecule has 3 nitrogen and oxygen atoms in total. The standard InChI is InChI=1S/C16H15Br2NO2/c1-9-4-5-11(17)7-13(9)16(20)19-15-10(2)6-12(18)8-14(15)21-3/h4-8H,1-3H3,(H,19,20). The van der Waals surface area contributed by atoms with Crippen LogP contribution in [0.25, 0.3) is 0 Å². The molecular weight excluding hydrogens is 398 g/mol. The Morgan fingerprint density at radius 2 is 1.76 bits per heavy atom. The van der Waals surface area contributed by atoms with Gasteiger partial charge in [0, 0.05) is 14.5 Å². The highest BCUT2D eigenvalue weighted by Crippen LogP contribution is 2.32. The molecule has 0 bridgehead atoms. The molecule has 2 rings (SSSR count). The number of amides is 1. The highest BCUT2D eigenvalue weighted by atomic mass is 79.9. The van der Waals surface area contributed by atoms with E-state index in [0.29, 0.717) is 17.0 Å². The zero-order valence-corrected chi connectivity index (χ0v) is 15.1. The van der Waals surface area contributed by atoms with Gasteiger partial charge in [0.1, 0.15) is 5.75 Å². The Hall–Kier alpha value is -1.33. The zero-order valence-electron chi connectivity index (χ0n) is 12.0. The molecule has 0 unspecified atom stereocenters. The maximum atomic E-state index is 12.5. The van der Waals surface area contributed by atoms with Crippen LogP contribution in [0.4, 0.5) is 5.69 Å². The van der Waals surface area contributed by atoms with Gasteiger partial charge in [0.25, 0.3) is 5.91 Å². The van der Waals surface area contributed by atoms with E-state index in [9.17, 15) is 4.79 Å². The summed E-state index contributed by atoms with van der Waals surface area (Å²) in [6.45, 7) is 3.84. The van der Waals surface area contributed by atoms with Crippen molar-refractivity contribution in [1.29, 1.82) is 0 Å². The van der Waals surface area contributed by atoms with Crippen LogP contribution in [0.3, 0.4) is 0 Å². The van der Waals surface area contributed by atoms with Gasteiger partial charge in [-0.2, -0.15) is 0 Å². The molecular formula is C16H15Br2NO2. The van der Waals surface area contributed by atoms with Crippen molar-refractivity contribution in [3.63, 3.8) is 0 Å². The Morgan fingerprint density at radius 3 is 2.43 bits per heavy atom. The van der Waals surface area contributed by atoms with Gasteiger partial charge in [-0.15, -0.1) is 0 Å². The van der Waals surface area contributed by atoms with Crippen LogP contribution in [0.5, 0.6) is 5.75 Å². The third-order valence-corrected chi connectivity index (χ3v) is 4.12. The molecule has 0 aliphatic carbocycles. The predicted molar refractivity (Wildman–Crippen MR) is 92.3 cm³/mol. The molecule has 110 valence electrons. The molecule has 21 heavy (non-hydrogen) atoms. The summed E-state index contributed by atoms with van der Waals surface area (Å²) in [5.74, 6) is 0.473. The summed E-state index contributed by atoms with van der Waals surface area (Å²) in [5, 5.41) is 2.94. The van der Waals surface area contributed by atoms with Gasteiger partial charge >= 0.3 is 0 Å². The second-order valence-corrected chi connectivity index (χ2v) is 6.54. The number of ether oxygens (including phenoxy) is 1. The fourth-order valence-corrected chi connectivity index (χ4v) is 2.97. The molecule has 0 saturated carbocycles. The van der Waals surface area contributed by atoms with Crippen molar-refractivity contribution in [1.82, 2.24) is 0 Å².